The number of carbonyl (C=O) groups is 3. The molecule has 1 atom stereocenters. The zero-order chi connectivity index (χ0) is 45.8. The van der Waals surface area contributed by atoms with Crippen LogP contribution in [0.25, 0.3) is 0 Å². The molecule has 6 nitrogen and oxygen atoms in total. The first-order chi connectivity index (χ1) is 31.0. The number of carbonyl (C=O) groups excluding carboxylic acids is 3. The summed E-state index contributed by atoms with van der Waals surface area (Å²) in [4.78, 5) is 37.7. The van der Waals surface area contributed by atoms with Gasteiger partial charge in [0.1, 0.15) is 13.2 Å². The van der Waals surface area contributed by atoms with Gasteiger partial charge in [0.05, 0.1) is 0 Å². The van der Waals surface area contributed by atoms with Gasteiger partial charge in [0.15, 0.2) is 6.10 Å². The average Bonchev–Trinajstić information content (AvgIpc) is 3.28. The van der Waals surface area contributed by atoms with Crippen molar-refractivity contribution in [2.45, 2.75) is 309 Å². The van der Waals surface area contributed by atoms with E-state index in [1.807, 2.05) is 0 Å². The molecular formula is C57H106O6. The summed E-state index contributed by atoms with van der Waals surface area (Å²) in [5.41, 5.74) is 0. The fourth-order valence-electron chi connectivity index (χ4n) is 8.24. The molecule has 1 unspecified atom stereocenters. The Labute approximate surface area is 392 Å². The normalized spacial score (nSPS) is 12.1. The largest absolute Gasteiger partial charge is 0.462 e. The van der Waals surface area contributed by atoms with Crippen LogP contribution < -0.4 is 0 Å². The summed E-state index contributed by atoms with van der Waals surface area (Å²) in [7, 11) is 0. The summed E-state index contributed by atoms with van der Waals surface area (Å²) in [5, 5.41) is 0. The quantitative estimate of drug-likeness (QED) is 0.0262. The first-order valence-corrected chi connectivity index (χ1v) is 27.8. The summed E-state index contributed by atoms with van der Waals surface area (Å²) in [6.07, 6.45) is 60.7. The molecule has 0 bridgehead atoms. The fourth-order valence-corrected chi connectivity index (χ4v) is 8.24. The SMILES string of the molecule is CCCCCCC/C=C\C/C=C\CCCCCCCCCCCCCCCCCCCC(=O)OCC(COC(=O)CCCCCCCCC)OC(=O)CCCCCCCCCCC. The maximum Gasteiger partial charge on any atom is 0.306 e. The number of esters is 3. The van der Waals surface area contributed by atoms with E-state index in [0.29, 0.717) is 19.3 Å². The number of hydrogen-bond acceptors (Lipinski definition) is 6. The zero-order valence-electron chi connectivity index (χ0n) is 42.4. The molecule has 0 heterocycles. The number of rotatable bonds is 51. The van der Waals surface area contributed by atoms with Crippen LogP contribution in [0.5, 0.6) is 0 Å². The third-order valence-corrected chi connectivity index (χ3v) is 12.5. The van der Waals surface area contributed by atoms with E-state index >= 15 is 0 Å². The minimum Gasteiger partial charge on any atom is -0.462 e. The molecule has 0 saturated carbocycles. The van der Waals surface area contributed by atoms with Crippen LogP contribution in [0, 0.1) is 0 Å². The molecule has 0 aromatic heterocycles. The molecular weight excluding hydrogens is 781 g/mol. The molecule has 0 aliphatic rings. The number of ether oxygens (including phenoxy) is 3. The van der Waals surface area contributed by atoms with Crippen molar-refractivity contribution in [2.75, 3.05) is 13.2 Å². The molecule has 0 aromatic carbocycles. The predicted octanol–water partition coefficient (Wildman–Crippen LogP) is 18.3. The van der Waals surface area contributed by atoms with Crippen LogP contribution in [0.1, 0.15) is 303 Å². The Kier molecular flexibility index (Phi) is 50.8. The van der Waals surface area contributed by atoms with Gasteiger partial charge >= 0.3 is 17.9 Å². The average molecular weight is 887 g/mol. The van der Waals surface area contributed by atoms with Crippen molar-refractivity contribution in [1.29, 1.82) is 0 Å². The van der Waals surface area contributed by atoms with Crippen molar-refractivity contribution in [1.82, 2.24) is 0 Å². The topological polar surface area (TPSA) is 78.9 Å². The van der Waals surface area contributed by atoms with Crippen molar-refractivity contribution >= 4 is 17.9 Å². The summed E-state index contributed by atoms with van der Waals surface area (Å²) < 4.78 is 16.7. The maximum atomic E-state index is 12.7. The molecule has 6 heteroatoms. The molecule has 370 valence electrons. The van der Waals surface area contributed by atoms with Crippen molar-refractivity contribution in [3.05, 3.63) is 24.3 Å². The summed E-state index contributed by atoms with van der Waals surface area (Å²) >= 11 is 0. The lowest BCUT2D eigenvalue weighted by Crippen LogP contribution is -2.30. The number of hydrogen-bond donors (Lipinski definition) is 0. The van der Waals surface area contributed by atoms with E-state index in [2.05, 4.69) is 45.1 Å². The second-order valence-corrected chi connectivity index (χ2v) is 18.9. The van der Waals surface area contributed by atoms with Crippen LogP contribution >= 0.6 is 0 Å². The van der Waals surface area contributed by atoms with E-state index in [1.54, 1.807) is 0 Å². The van der Waals surface area contributed by atoms with Gasteiger partial charge in [-0.25, -0.2) is 0 Å². The van der Waals surface area contributed by atoms with Gasteiger partial charge in [-0.3, -0.25) is 14.4 Å². The lowest BCUT2D eigenvalue weighted by molar-refractivity contribution is -0.167. The summed E-state index contributed by atoms with van der Waals surface area (Å²) in [5.74, 6) is -0.862. The summed E-state index contributed by atoms with van der Waals surface area (Å²) in [6, 6.07) is 0. The molecule has 0 radical (unpaired) electrons. The minimum absolute atomic E-state index is 0.0661. The van der Waals surface area contributed by atoms with Gasteiger partial charge < -0.3 is 14.2 Å². The van der Waals surface area contributed by atoms with Crippen LogP contribution in [0.15, 0.2) is 24.3 Å². The fraction of sp³-hybridized carbons (Fsp3) is 0.877. The van der Waals surface area contributed by atoms with Crippen molar-refractivity contribution in [3.63, 3.8) is 0 Å². The van der Waals surface area contributed by atoms with E-state index in [-0.39, 0.29) is 31.1 Å². The lowest BCUT2D eigenvalue weighted by atomic mass is 10.0. The molecule has 0 aliphatic heterocycles. The van der Waals surface area contributed by atoms with Crippen LogP contribution in [-0.4, -0.2) is 37.2 Å². The second kappa shape index (κ2) is 52.5. The molecule has 0 amide bonds. The van der Waals surface area contributed by atoms with Crippen molar-refractivity contribution in [2.24, 2.45) is 0 Å². The van der Waals surface area contributed by atoms with E-state index in [0.717, 1.165) is 64.2 Å². The zero-order valence-corrected chi connectivity index (χ0v) is 42.4. The Morgan fingerprint density at radius 3 is 0.873 bits per heavy atom. The Bertz CT molecular complexity index is 1020. The third kappa shape index (κ3) is 50.7. The van der Waals surface area contributed by atoms with Gasteiger partial charge in [-0.1, -0.05) is 257 Å². The predicted molar refractivity (Wildman–Crippen MR) is 270 cm³/mol. The molecule has 0 spiro atoms. The Morgan fingerprint density at radius 2 is 0.571 bits per heavy atom. The van der Waals surface area contributed by atoms with Crippen molar-refractivity contribution < 1.29 is 28.6 Å². The Hall–Kier alpha value is -2.11. The standard InChI is InChI=1S/C57H106O6/c1-4-7-10-13-16-18-19-20-21-22-23-24-25-26-27-28-29-30-31-32-33-34-35-36-37-39-41-44-47-50-56(59)62-53-54(52-61-55(58)49-46-43-40-15-12-9-6-3)63-57(60)51-48-45-42-38-17-14-11-8-5-2/h19-20,22-23,54H,4-18,21,24-53H2,1-3H3/b20-19-,23-22-. The Balaban J connectivity index is 3.93. The highest BCUT2D eigenvalue weighted by molar-refractivity contribution is 5.71. The molecule has 0 saturated heterocycles. The highest BCUT2D eigenvalue weighted by Crippen LogP contribution is 2.16. The van der Waals surface area contributed by atoms with E-state index < -0.39 is 6.10 Å². The van der Waals surface area contributed by atoms with E-state index in [9.17, 15) is 14.4 Å². The third-order valence-electron chi connectivity index (χ3n) is 12.5. The van der Waals surface area contributed by atoms with Gasteiger partial charge in [-0.15, -0.1) is 0 Å². The van der Waals surface area contributed by atoms with E-state index in [1.165, 1.54) is 199 Å². The van der Waals surface area contributed by atoms with Gasteiger partial charge in [0, 0.05) is 19.3 Å². The van der Waals surface area contributed by atoms with Crippen LogP contribution in [0.4, 0.5) is 0 Å². The molecule has 63 heavy (non-hydrogen) atoms. The van der Waals surface area contributed by atoms with Crippen LogP contribution in [0.3, 0.4) is 0 Å². The van der Waals surface area contributed by atoms with E-state index in [4.69, 9.17) is 14.2 Å². The highest BCUT2D eigenvalue weighted by atomic mass is 16.6. The lowest BCUT2D eigenvalue weighted by Gasteiger charge is -2.18. The Morgan fingerprint density at radius 1 is 0.317 bits per heavy atom. The van der Waals surface area contributed by atoms with Crippen LogP contribution in [-0.2, 0) is 28.6 Å². The monoisotopic (exact) mass is 887 g/mol. The van der Waals surface area contributed by atoms with Crippen molar-refractivity contribution in [3.8, 4) is 0 Å². The first-order valence-electron chi connectivity index (χ1n) is 27.8. The van der Waals surface area contributed by atoms with Gasteiger partial charge in [-0.05, 0) is 51.4 Å². The molecule has 0 aliphatic carbocycles. The second-order valence-electron chi connectivity index (χ2n) is 18.9. The first kappa shape index (κ1) is 60.9. The molecule has 0 aromatic rings. The number of allylic oxidation sites excluding steroid dienone is 4. The molecule has 0 rings (SSSR count). The minimum atomic E-state index is -0.761. The maximum absolute atomic E-state index is 12.7. The smallest absolute Gasteiger partial charge is 0.306 e. The van der Waals surface area contributed by atoms with Crippen LogP contribution in [0.2, 0.25) is 0 Å². The van der Waals surface area contributed by atoms with Gasteiger partial charge in [-0.2, -0.15) is 0 Å². The number of unbranched alkanes of at least 4 members (excludes halogenated alkanes) is 36. The van der Waals surface area contributed by atoms with Gasteiger partial charge in [0.2, 0.25) is 0 Å². The molecule has 0 N–H and O–H groups in total. The highest BCUT2D eigenvalue weighted by Gasteiger charge is 2.19. The van der Waals surface area contributed by atoms with Gasteiger partial charge in [0.25, 0.3) is 0 Å². The summed E-state index contributed by atoms with van der Waals surface area (Å²) in [6.45, 7) is 6.59. The molecule has 0 fully saturated rings.